The summed E-state index contributed by atoms with van der Waals surface area (Å²) in [5.74, 6) is 3.11. The third kappa shape index (κ3) is 6.60. The van der Waals surface area contributed by atoms with Crippen molar-refractivity contribution in [1.82, 2.24) is 4.90 Å². The highest BCUT2D eigenvalue weighted by atomic mass is 16.6. The van der Waals surface area contributed by atoms with Crippen LogP contribution in [-0.4, -0.2) is 41.6 Å². The van der Waals surface area contributed by atoms with Crippen LogP contribution in [0, 0.1) is 0 Å². The van der Waals surface area contributed by atoms with Crippen LogP contribution in [0.3, 0.4) is 0 Å². The van der Waals surface area contributed by atoms with Gasteiger partial charge in [-0.15, -0.1) is 0 Å². The number of ether oxygens (including phenoxy) is 1. The zero-order valence-corrected chi connectivity index (χ0v) is 9.65. The molecule has 0 bridgehead atoms. The van der Waals surface area contributed by atoms with Gasteiger partial charge in [0.1, 0.15) is 17.5 Å². The summed E-state index contributed by atoms with van der Waals surface area (Å²) in [4.78, 5) is 32.9. The Morgan fingerprint density at radius 2 is 1.62 bits per heavy atom. The van der Waals surface area contributed by atoms with Gasteiger partial charge in [-0.1, -0.05) is 0 Å². The van der Waals surface area contributed by atoms with E-state index in [1.54, 1.807) is 32.7 Å². The molecule has 0 saturated heterocycles. The maximum Gasteiger partial charge on any atom is 0.410 e. The molecule has 0 fully saturated rings. The standard InChI is InChI=1S/C11H15NO4/c1-11(2,3)16-10(15)12(6-4-8-13)7-5-9-14/h4-5H,6-7H2,1-3H3. The molecule has 0 unspecified atom stereocenters. The number of carbonyl (C=O) groups is 1. The molecular weight excluding hydrogens is 210 g/mol. The van der Waals surface area contributed by atoms with Crippen molar-refractivity contribution in [2.75, 3.05) is 13.1 Å². The predicted octanol–water partition coefficient (Wildman–Crippen LogP) is 0.999. The predicted molar refractivity (Wildman–Crippen MR) is 58.3 cm³/mol. The van der Waals surface area contributed by atoms with Gasteiger partial charge in [-0.05, 0) is 20.8 Å². The van der Waals surface area contributed by atoms with Gasteiger partial charge >= 0.3 is 6.09 Å². The van der Waals surface area contributed by atoms with Crippen molar-refractivity contribution < 1.29 is 19.1 Å². The van der Waals surface area contributed by atoms with E-state index in [4.69, 9.17) is 4.74 Å². The van der Waals surface area contributed by atoms with E-state index in [1.807, 2.05) is 0 Å². The van der Waals surface area contributed by atoms with E-state index in [0.717, 1.165) is 12.2 Å². The monoisotopic (exact) mass is 225 g/mol. The third-order valence-corrected chi connectivity index (χ3v) is 1.44. The average Bonchev–Trinajstić information content (AvgIpc) is 2.15. The van der Waals surface area contributed by atoms with Crippen LogP contribution in [-0.2, 0) is 14.3 Å². The Balaban J connectivity index is 4.54. The van der Waals surface area contributed by atoms with Crippen LogP contribution in [0.2, 0.25) is 0 Å². The number of rotatable bonds is 4. The summed E-state index contributed by atoms with van der Waals surface area (Å²) in [5, 5.41) is 0. The number of carbonyl (C=O) groups excluding carboxylic acids is 3. The van der Waals surface area contributed by atoms with Gasteiger partial charge in [0.15, 0.2) is 0 Å². The second-order valence-electron chi connectivity index (χ2n) is 4.03. The summed E-state index contributed by atoms with van der Waals surface area (Å²) in [6.07, 6.45) is 1.69. The lowest BCUT2D eigenvalue weighted by molar-refractivity contribution is 0.0293. The minimum absolute atomic E-state index is 0.0522. The van der Waals surface area contributed by atoms with Gasteiger partial charge < -0.3 is 4.74 Å². The Hall–Kier alpha value is -1.83. The molecule has 0 radical (unpaired) electrons. The van der Waals surface area contributed by atoms with Crippen LogP contribution < -0.4 is 0 Å². The quantitative estimate of drug-likeness (QED) is 0.669. The lowest BCUT2D eigenvalue weighted by atomic mass is 10.2. The zero-order chi connectivity index (χ0) is 12.6. The van der Waals surface area contributed by atoms with Gasteiger partial charge in [0.2, 0.25) is 0 Å². The summed E-state index contributed by atoms with van der Waals surface area (Å²) < 4.78 is 5.08. The number of amides is 1. The first-order chi connectivity index (χ1) is 7.40. The van der Waals surface area contributed by atoms with Crippen molar-refractivity contribution in [3.8, 4) is 0 Å². The summed E-state index contributed by atoms with van der Waals surface area (Å²) in [6.45, 7) is 5.30. The molecule has 0 aromatic rings. The van der Waals surface area contributed by atoms with Crippen molar-refractivity contribution in [2.45, 2.75) is 26.4 Å². The summed E-state index contributed by atoms with van der Waals surface area (Å²) in [7, 11) is 0. The molecule has 0 aromatic heterocycles. The molecule has 0 aliphatic heterocycles. The van der Waals surface area contributed by atoms with E-state index >= 15 is 0 Å². The highest BCUT2D eigenvalue weighted by Gasteiger charge is 2.20. The minimum atomic E-state index is -0.620. The molecule has 0 aromatic carbocycles. The van der Waals surface area contributed by atoms with Crippen molar-refractivity contribution in [3.63, 3.8) is 0 Å². The largest absolute Gasteiger partial charge is 0.444 e. The molecular formula is C11H15NO4. The molecule has 0 spiro atoms. The maximum absolute atomic E-state index is 11.6. The van der Waals surface area contributed by atoms with E-state index in [-0.39, 0.29) is 13.1 Å². The van der Waals surface area contributed by atoms with Crippen LogP contribution in [0.4, 0.5) is 4.79 Å². The highest BCUT2D eigenvalue weighted by Crippen LogP contribution is 2.09. The van der Waals surface area contributed by atoms with Crippen molar-refractivity contribution in [2.24, 2.45) is 0 Å². The van der Waals surface area contributed by atoms with Gasteiger partial charge in [0.25, 0.3) is 0 Å². The van der Waals surface area contributed by atoms with Crippen molar-refractivity contribution in [1.29, 1.82) is 0 Å². The van der Waals surface area contributed by atoms with Crippen LogP contribution in [0.25, 0.3) is 0 Å². The molecule has 5 nitrogen and oxygen atoms in total. The fourth-order valence-corrected chi connectivity index (χ4v) is 0.845. The van der Waals surface area contributed by atoms with E-state index in [0.29, 0.717) is 0 Å². The van der Waals surface area contributed by atoms with E-state index < -0.39 is 11.7 Å². The summed E-state index contributed by atoms with van der Waals surface area (Å²) in [5.41, 5.74) is -0.620. The lowest BCUT2D eigenvalue weighted by Crippen LogP contribution is -2.37. The van der Waals surface area contributed by atoms with E-state index in [1.165, 1.54) is 4.90 Å². The molecule has 88 valence electrons. The van der Waals surface area contributed by atoms with Crippen LogP contribution in [0.15, 0.2) is 12.2 Å². The average molecular weight is 225 g/mol. The Morgan fingerprint density at radius 1 is 1.19 bits per heavy atom. The maximum atomic E-state index is 11.6. The Morgan fingerprint density at radius 3 is 1.94 bits per heavy atom. The second-order valence-corrected chi connectivity index (χ2v) is 4.03. The molecule has 0 rings (SSSR count). The minimum Gasteiger partial charge on any atom is -0.444 e. The van der Waals surface area contributed by atoms with Gasteiger partial charge in [-0.3, -0.25) is 4.90 Å². The SMILES string of the molecule is CC(C)(C)OC(=O)N(CC=C=O)CC=C=O. The summed E-state index contributed by atoms with van der Waals surface area (Å²) in [6, 6.07) is 0. The summed E-state index contributed by atoms with van der Waals surface area (Å²) >= 11 is 0. The molecule has 0 heterocycles. The van der Waals surface area contributed by atoms with Gasteiger partial charge in [-0.2, -0.15) is 0 Å². The first-order valence-electron chi connectivity index (χ1n) is 4.77. The molecule has 1 amide bonds. The van der Waals surface area contributed by atoms with Crippen LogP contribution in [0.1, 0.15) is 20.8 Å². The highest BCUT2D eigenvalue weighted by molar-refractivity contribution is 5.69. The Kier molecular flexibility index (Phi) is 5.86. The zero-order valence-electron chi connectivity index (χ0n) is 9.65. The topological polar surface area (TPSA) is 63.7 Å². The van der Waals surface area contributed by atoms with Crippen molar-refractivity contribution >= 4 is 18.0 Å². The number of hydrogen-bond donors (Lipinski definition) is 0. The second kappa shape index (κ2) is 6.62. The first-order valence-corrected chi connectivity index (χ1v) is 4.77. The van der Waals surface area contributed by atoms with Crippen LogP contribution >= 0.6 is 0 Å². The fourth-order valence-electron chi connectivity index (χ4n) is 0.845. The smallest absolute Gasteiger partial charge is 0.410 e. The lowest BCUT2D eigenvalue weighted by Gasteiger charge is -2.25. The molecule has 0 atom stereocenters. The number of hydrogen-bond acceptors (Lipinski definition) is 4. The normalized spacial score (nSPS) is 9.69. The van der Waals surface area contributed by atoms with Gasteiger partial charge in [0.05, 0.1) is 13.1 Å². The molecule has 5 heteroatoms. The molecule has 16 heavy (non-hydrogen) atoms. The Bertz CT molecular complexity index is 310. The molecule has 0 saturated carbocycles. The number of nitrogens with zero attached hydrogens (tertiary/aromatic N) is 1. The Labute approximate surface area is 94.4 Å². The fraction of sp³-hybridized carbons (Fsp3) is 0.545. The van der Waals surface area contributed by atoms with Crippen LogP contribution in [0.5, 0.6) is 0 Å². The first kappa shape index (κ1) is 14.2. The van der Waals surface area contributed by atoms with Gasteiger partial charge in [-0.25, -0.2) is 14.4 Å². The molecule has 0 aliphatic rings. The van der Waals surface area contributed by atoms with E-state index in [2.05, 4.69) is 0 Å². The van der Waals surface area contributed by atoms with E-state index in [9.17, 15) is 14.4 Å². The third-order valence-electron chi connectivity index (χ3n) is 1.44. The van der Waals surface area contributed by atoms with Crippen molar-refractivity contribution in [3.05, 3.63) is 12.2 Å². The molecule has 0 aliphatic carbocycles. The van der Waals surface area contributed by atoms with Gasteiger partial charge in [0, 0.05) is 12.2 Å². The molecule has 0 N–H and O–H groups in total.